The Kier molecular flexibility index (Phi) is 8.31. The Morgan fingerprint density at radius 3 is 2.18 bits per heavy atom. The second kappa shape index (κ2) is 10.8. The van der Waals surface area contributed by atoms with Crippen LogP contribution in [0.2, 0.25) is 0 Å². The molecule has 180 valence electrons. The van der Waals surface area contributed by atoms with Crippen molar-refractivity contribution in [2.24, 2.45) is 5.92 Å². The average molecular weight is 493 g/mol. The number of nitrogens with one attached hydrogen (secondary N) is 1. The zero-order valence-electron chi connectivity index (χ0n) is 19.1. The summed E-state index contributed by atoms with van der Waals surface area (Å²) in [6.07, 6.45) is 3.43. The monoisotopic (exact) mass is 492 g/mol. The predicted molar refractivity (Wildman–Crippen MR) is 129 cm³/mol. The average Bonchev–Trinajstić information content (AvgIpc) is 2.79. The van der Waals surface area contributed by atoms with E-state index in [-0.39, 0.29) is 28.5 Å². The van der Waals surface area contributed by atoms with E-state index >= 15 is 0 Å². The van der Waals surface area contributed by atoms with Gasteiger partial charge in [0.2, 0.25) is 15.9 Å². The van der Waals surface area contributed by atoms with Crippen LogP contribution in [-0.4, -0.2) is 52.1 Å². The summed E-state index contributed by atoms with van der Waals surface area (Å²) in [4.78, 5) is 13.0. The van der Waals surface area contributed by atoms with E-state index in [1.807, 2.05) is 37.3 Å². The van der Waals surface area contributed by atoms with E-state index in [0.717, 1.165) is 23.8 Å². The highest BCUT2D eigenvalue weighted by molar-refractivity contribution is 7.90. The van der Waals surface area contributed by atoms with Crippen LogP contribution in [0.15, 0.2) is 59.5 Å². The highest BCUT2D eigenvalue weighted by Gasteiger charge is 2.31. The van der Waals surface area contributed by atoms with E-state index in [1.54, 1.807) is 12.1 Å². The van der Waals surface area contributed by atoms with Crippen LogP contribution in [-0.2, 0) is 31.1 Å². The number of nitrogens with zero attached hydrogens (tertiary/aromatic N) is 1. The van der Waals surface area contributed by atoms with Crippen molar-refractivity contribution in [3.63, 3.8) is 0 Å². The van der Waals surface area contributed by atoms with Gasteiger partial charge in [0.25, 0.3) is 0 Å². The Morgan fingerprint density at radius 1 is 1.00 bits per heavy atom. The van der Waals surface area contributed by atoms with Crippen molar-refractivity contribution in [3.8, 4) is 0 Å². The molecule has 0 radical (unpaired) electrons. The van der Waals surface area contributed by atoms with E-state index in [9.17, 15) is 21.6 Å². The molecule has 1 unspecified atom stereocenters. The van der Waals surface area contributed by atoms with Crippen molar-refractivity contribution in [1.82, 2.24) is 9.62 Å². The summed E-state index contributed by atoms with van der Waals surface area (Å²) in [6, 6.07) is 16.0. The Hall–Kier alpha value is -2.23. The highest BCUT2D eigenvalue weighted by Crippen LogP contribution is 2.23. The molecule has 1 atom stereocenters. The fraction of sp³-hybridized carbons (Fsp3) is 0.458. The second-order valence-corrected chi connectivity index (χ2v) is 12.8. The van der Waals surface area contributed by atoms with Crippen molar-refractivity contribution < 1.29 is 21.6 Å². The zero-order chi connectivity index (χ0) is 24.1. The summed E-state index contributed by atoms with van der Waals surface area (Å²) in [5, 5.41) is 2.97. The summed E-state index contributed by atoms with van der Waals surface area (Å²) in [5.41, 5.74) is 1.94. The summed E-state index contributed by atoms with van der Waals surface area (Å²) in [7, 11) is -6.60. The molecule has 1 N–H and O–H groups in total. The molecular weight excluding hydrogens is 460 g/mol. The van der Waals surface area contributed by atoms with Crippen LogP contribution in [0.1, 0.15) is 43.4 Å². The standard InChI is InChI=1S/C24H32N2O5S2/c1-19(21-10-12-23(13-11-21)32(2,28)29)25-24(27)22-14-16-26(17-15-22)33(30,31)18-6-9-20-7-4-3-5-8-20/h3-5,7-8,10-13,19,22H,6,9,14-18H2,1-2H3,(H,25,27). The molecular formula is C24H32N2O5S2. The largest absolute Gasteiger partial charge is 0.349 e. The molecule has 1 amide bonds. The van der Waals surface area contributed by atoms with Crippen molar-refractivity contribution in [3.05, 3.63) is 65.7 Å². The van der Waals surface area contributed by atoms with Gasteiger partial charge in [0.15, 0.2) is 9.84 Å². The fourth-order valence-electron chi connectivity index (χ4n) is 4.05. The Bertz CT molecular complexity index is 1140. The summed E-state index contributed by atoms with van der Waals surface area (Å²) in [6.45, 7) is 2.55. The molecule has 9 heteroatoms. The van der Waals surface area contributed by atoms with E-state index in [2.05, 4.69) is 5.32 Å². The van der Waals surface area contributed by atoms with Crippen LogP contribution in [0.25, 0.3) is 0 Å². The molecule has 7 nitrogen and oxygen atoms in total. The van der Waals surface area contributed by atoms with Gasteiger partial charge in [0.1, 0.15) is 0 Å². The molecule has 1 heterocycles. The van der Waals surface area contributed by atoms with Gasteiger partial charge in [-0.3, -0.25) is 4.79 Å². The number of hydrogen-bond donors (Lipinski definition) is 1. The number of carbonyl (C=O) groups is 1. The third-order valence-electron chi connectivity index (χ3n) is 6.10. The normalized spacial score (nSPS) is 16.9. The topological polar surface area (TPSA) is 101 Å². The van der Waals surface area contributed by atoms with E-state index < -0.39 is 19.9 Å². The van der Waals surface area contributed by atoms with Gasteiger partial charge in [-0.15, -0.1) is 0 Å². The van der Waals surface area contributed by atoms with Gasteiger partial charge in [0, 0.05) is 25.3 Å². The van der Waals surface area contributed by atoms with Gasteiger partial charge in [-0.2, -0.15) is 0 Å². The fourth-order valence-corrected chi connectivity index (χ4v) is 6.21. The van der Waals surface area contributed by atoms with Crippen LogP contribution < -0.4 is 5.32 Å². The van der Waals surface area contributed by atoms with Gasteiger partial charge in [-0.25, -0.2) is 21.1 Å². The molecule has 0 saturated carbocycles. The molecule has 0 spiro atoms. The minimum atomic E-state index is -3.33. The molecule has 1 aliphatic heterocycles. The molecule has 0 aliphatic carbocycles. The Balaban J connectivity index is 1.47. The van der Waals surface area contributed by atoms with Crippen molar-refractivity contribution in [1.29, 1.82) is 0 Å². The third kappa shape index (κ3) is 7.12. The third-order valence-corrected chi connectivity index (χ3v) is 9.18. The van der Waals surface area contributed by atoms with E-state index in [4.69, 9.17) is 0 Å². The van der Waals surface area contributed by atoms with Crippen LogP contribution in [0.5, 0.6) is 0 Å². The van der Waals surface area contributed by atoms with Crippen LogP contribution in [0.3, 0.4) is 0 Å². The molecule has 33 heavy (non-hydrogen) atoms. The number of piperidine rings is 1. The van der Waals surface area contributed by atoms with Crippen LogP contribution in [0, 0.1) is 5.92 Å². The Labute approximate surface area is 197 Å². The smallest absolute Gasteiger partial charge is 0.223 e. The summed E-state index contributed by atoms with van der Waals surface area (Å²) < 4.78 is 50.1. The summed E-state index contributed by atoms with van der Waals surface area (Å²) in [5.74, 6) is -0.228. The van der Waals surface area contributed by atoms with Crippen molar-refractivity contribution in [2.75, 3.05) is 25.1 Å². The lowest BCUT2D eigenvalue weighted by atomic mass is 9.96. The first-order valence-corrected chi connectivity index (χ1v) is 14.7. The first kappa shape index (κ1) is 25.4. The second-order valence-electron chi connectivity index (χ2n) is 8.65. The molecule has 2 aromatic carbocycles. The van der Waals surface area contributed by atoms with Crippen LogP contribution >= 0.6 is 0 Å². The molecule has 3 rings (SSSR count). The molecule has 1 fully saturated rings. The number of amides is 1. The first-order valence-electron chi connectivity index (χ1n) is 11.2. The maximum absolute atomic E-state index is 12.7. The number of sulfone groups is 1. The minimum Gasteiger partial charge on any atom is -0.349 e. The molecule has 2 aromatic rings. The lowest BCUT2D eigenvalue weighted by Crippen LogP contribution is -2.44. The molecule has 0 bridgehead atoms. The lowest BCUT2D eigenvalue weighted by molar-refractivity contribution is -0.126. The quantitative estimate of drug-likeness (QED) is 0.580. The lowest BCUT2D eigenvalue weighted by Gasteiger charge is -2.31. The van der Waals surface area contributed by atoms with Crippen molar-refractivity contribution >= 4 is 25.8 Å². The number of hydrogen-bond acceptors (Lipinski definition) is 5. The Morgan fingerprint density at radius 2 is 1.61 bits per heavy atom. The van der Waals surface area contributed by atoms with Crippen LogP contribution in [0.4, 0.5) is 0 Å². The first-order chi connectivity index (χ1) is 15.6. The van der Waals surface area contributed by atoms with Gasteiger partial charge >= 0.3 is 0 Å². The maximum Gasteiger partial charge on any atom is 0.223 e. The number of carbonyl (C=O) groups excluding carboxylic acids is 1. The molecule has 1 saturated heterocycles. The summed E-state index contributed by atoms with van der Waals surface area (Å²) >= 11 is 0. The highest BCUT2D eigenvalue weighted by atomic mass is 32.2. The maximum atomic E-state index is 12.7. The molecule has 1 aliphatic rings. The van der Waals surface area contributed by atoms with Crippen molar-refractivity contribution in [2.45, 2.75) is 43.5 Å². The van der Waals surface area contributed by atoms with Gasteiger partial charge in [-0.1, -0.05) is 42.5 Å². The molecule has 0 aromatic heterocycles. The number of aryl methyl sites for hydroxylation is 1. The number of rotatable bonds is 9. The van der Waals surface area contributed by atoms with Gasteiger partial charge < -0.3 is 5.32 Å². The number of sulfonamides is 1. The number of benzene rings is 2. The van der Waals surface area contributed by atoms with E-state index in [1.165, 1.54) is 16.4 Å². The van der Waals surface area contributed by atoms with Gasteiger partial charge in [-0.05, 0) is 55.9 Å². The minimum absolute atomic E-state index is 0.101. The van der Waals surface area contributed by atoms with Gasteiger partial charge in [0.05, 0.1) is 16.7 Å². The predicted octanol–water partition coefficient (Wildman–Crippen LogP) is 2.94. The SMILES string of the molecule is CC(NC(=O)C1CCN(S(=O)(=O)CCCc2ccccc2)CC1)c1ccc(S(C)(=O)=O)cc1. The zero-order valence-corrected chi connectivity index (χ0v) is 20.7. The van der Waals surface area contributed by atoms with E-state index in [0.29, 0.717) is 32.4 Å².